The largest absolute Gasteiger partial charge is 0.339 e. The van der Waals surface area contributed by atoms with Gasteiger partial charge in [0, 0.05) is 38.1 Å². The summed E-state index contributed by atoms with van der Waals surface area (Å²) in [4.78, 5) is 17.4. The van der Waals surface area contributed by atoms with Crippen LogP contribution < -0.4 is 0 Å². The SMILES string of the molecule is Cc1nnc2n1CCN(C1CN(C(=O)C(C3CC3)C3CC3)C1)C2. The minimum absolute atomic E-state index is 0.364. The van der Waals surface area contributed by atoms with Crippen molar-refractivity contribution in [1.82, 2.24) is 24.6 Å². The van der Waals surface area contributed by atoms with E-state index in [-0.39, 0.29) is 0 Å². The zero-order chi connectivity index (χ0) is 15.6. The molecule has 1 saturated heterocycles. The van der Waals surface area contributed by atoms with E-state index in [4.69, 9.17) is 0 Å². The first-order chi connectivity index (χ1) is 11.2. The smallest absolute Gasteiger partial charge is 0.226 e. The predicted molar refractivity (Wildman–Crippen MR) is 84.5 cm³/mol. The summed E-state index contributed by atoms with van der Waals surface area (Å²) in [6.07, 6.45) is 5.13. The third kappa shape index (κ3) is 2.38. The van der Waals surface area contributed by atoms with E-state index in [9.17, 15) is 4.79 Å². The molecule has 2 saturated carbocycles. The van der Waals surface area contributed by atoms with Gasteiger partial charge in [-0.1, -0.05) is 0 Å². The molecule has 0 N–H and O–H groups in total. The predicted octanol–water partition coefficient (Wildman–Crippen LogP) is 1.05. The number of nitrogens with zero attached hydrogens (tertiary/aromatic N) is 5. The van der Waals surface area contributed by atoms with E-state index >= 15 is 0 Å². The van der Waals surface area contributed by atoms with E-state index in [0.717, 1.165) is 44.4 Å². The molecule has 3 fully saturated rings. The molecule has 0 atom stereocenters. The third-order valence-corrected chi connectivity index (χ3v) is 6.20. The van der Waals surface area contributed by atoms with Gasteiger partial charge in [0.25, 0.3) is 0 Å². The fraction of sp³-hybridized carbons (Fsp3) is 0.824. The number of aryl methyl sites for hydroxylation is 1. The molecule has 4 aliphatic rings. The second kappa shape index (κ2) is 5.03. The van der Waals surface area contributed by atoms with Crippen LogP contribution in [-0.4, -0.2) is 56.1 Å². The maximum absolute atomic E-state index is 12.8. The highest BCUT2D eigenvalue weighted by Gasteiger charge is 2.49. The average molecular weight is 315 g/mol. The van der Waals surface area contributed by atoms with Gasteiger partial charge in [0.15, 0.2) is 0 Å². The molecule has 5 rings (SSSR count). The molecule has 23 heavy (non-hydrogen) atoms. The summed E-state index contributed by atoms with van der Waals surface area (Å²) >= 11 is 0. The molecule has 1 aromatic heterocycles. The zero-order valence-electron chi connectivity index (χ0n) is 13.8. The number of carbonyl (C=O) groups is 1. The number of hydrogen-bond donors (Lipinski definition) is 0. The van der Waals surface area contributed by atoms with E-state index in [1.54, 1.807) is 0 Å². The van der Waals surface area contributed by atoms with Crippen molar-refractivity contribution in [3.05, 3.63) is 11.6 Å². The zero-order valence-corrected chi connectivity index (χ0v) is 13.8. The number of carbonyl (C=O) groups excluding carboxylic acids is 1. The summed E-state index contributed by atoms with van der Waals surface area (Å²) in [6.45, 7) is 6.76. The monoisotopic (exact) mass is 315 g/mol. The number of hydrogen-bond acceptors (Lipinski definition) is 4. The molecular weight excluding hydrogens is 290 g/mol. The van der Waals surface area contributed by atoms with Crippen LogP contribution in [0.1, 0.15) is 37.3 Å². The maximum atomic E-state index is 12.8. The van der Waals surface area contributed by atoms with Gasteiger partial charge >= 0.3 is 0 Å². The molecule has 1 aromatic rings. The van der Waals surface area contributed by atoms with Crippen LogP contribution in [0.25, 0.3) is 0 Å². The van der Waals surface area contributed by atoms with Gasteiger partial charge in [0.05, 0.1) is 6.54 Å². The lowest BCUT2D eigenvalue weighted by Crippen LogP contribution is -2.63. The minimum Gasteiger partial charge on any atom is -0.339 e. The van der Waals surface area contributed by atoms with Crippen molar-refractivity contribution < 1.29 is 4.79 Å². The van der Waals surface area contributed by atoms with Crippen LogP contribution in [0.3, 0.4) is 0 Å². The molecule has 0 radical (unpaired) electrons. The van der Waals surface area contributed by atoms with Gasteiger partial charge in [-0.2, -0.15) is 0 Å². The summed E-state index contributed by atoms with van der Waals surface area (Å²) < 4.78 is 2.22. The molecule has 0 spiro atoms. The van der Waals surface area contributed by atoms with Gasteiger partial charge in [-0.25, -0.2) is 0 Å². The van der Waals surface area contributed by atoms with Gasteiger partial charge in [-0.05, 0) is 44.4 Å². The Morgan fingerprint density at radius 2 is 1.78 bits per heavy atom. The van der Waals surface area contributed by atoms with E-state index in [1.807, 2.05) is 6.92 Å². The second-order valence-electron chi connectivity index (χ2n) is 7.88. The van der Waals surface area contributed by atoms with Gasteiger partial charge in [0.1, 0.15) is 11.6 Å². The molecule has 2 aliphatic heterocycles. The Morgan fingerprint density at radius 3 is 2.43 bits per heavy atom. The highest BCUT2D eigenvalue weighted by molar-refractivity contribution is 5.81. The van der Waals surface area contributed by atoms with Crippen LogP contribution in [0.2, 0.25) is 0 Å². The summed E-state index contributed by atoms with van der Waals surface area (Å²) in [5.74, 6) is 4.34. The van der Waals surface area contributed by atoms with Crippen molar-refractivity contribution >= 4 is 5.91 Å². The molecule has 0 aromatic carbocycles. The Morgan fingerprint density at radius 1 is 1.09 bits per heavy atom. The third-order valence-electron chi connectivity index (χ3n) is 6.20. The lowest BCUT2D eigenvalue weighted by atomic mass is 9.93. The van der Waals surface area contributed by atoms with Crippen LogP contribution in [0.5, 0.6) is 0 Å². The van der Waals surface area contributed by atoms with Gasteiger partial charge < -0.3 is 9.47 Å². The quantitative estimate of drug-likeness (QED) is 0.833. The summed E-state index contributed by atoms with van der Waals surface area (Å²) in [5.41, 5.74) is 0. The van der Waals surface area contributed by atoms with Crippen LogP contribution >= 0.6 is 0 Å². The average Bonchev–Trinajstić information content (AvgIpc) is 3.40. The van der Waals surface area contributed by atoms with Crippen molar-refractivity contribution in [2.45, 2.75) is 51.7 Å². The molecule has 2 aliphatic carbocycles. The topological polar surface area (TPSA) is 54.3 Å². The normalized spacial score (nSPS) is 25.6. The van der Waals surface area contributed by atoms with Crippen LogP contribution in [0.4, 0.5) is 0 Å². The number of amides is 1. The molecule has 124 valence electrons. The number of rotatable bonds is 4. The van der Waals surface area contributed by atoms with E-state index in [0.29, 0.717) is 29.7 Å². The van der Waals surface area contributed by atoms with Crippen molar-refractivity contribution in [2.75, 3.05) is 19.6 Å². The number of likely N-dealkylation sites (tertiary alicyclic amines) is 1. The highest BCUT2D eigenvalue weighted by Crippen LogP contribution is 2.50. The molecule has 0 bridgehead atoms. The van der Waals surface area contributed by atoms with Crippen molar-refractivity contribution in [3.63, 3.8) is 0 Å². The fourth-order valence-corrected chi connectivity index (χ4v) is 4.41. The fourth-order valence-electron chi connectivity index (χ4n) is 4.41. The Labute approximate surface area is 136 Å². The van der Waals surface area contributed by atoms with Crippen molar-refractivity contribution in [2.24, 2.45) is 17.8 Å². The number of fused-ring (bicyclic) bond motifs is 1. The van der Waals surface area contributed by atoms with Gasteiger partial charge in [-0.3, -0.25) is 9.69 Å². The first kappa shape index (κ1) is 14.0. The maximum Gasteiger partial charge on any atom is 0.226 e. The van der Waals surface area contributed by atoms with Crippen LogP contribution in [0, 0.1) is 24.7 Å². The Kier molecular flexibility index (Phi) is 3.05. The van der Waals surface area contributed by atoms with Crippen molar-refractivity contribution in [1.29, 1.82) is 0 Å². The van der Waals surface area contributed by atoms with Crippen molar-refractivity contribution in [3.8, 4) is 0 Å². The lowest BCUT2D eigenvalue weighted by Gasteiger charge is -2.47. The highest BCUT2D eigenvalue weighted by atomic mass is 16.2. The standard InChI is InChI=1S/C17H25N5O/c1-11-18-19-15-10-20(6-7-22(11)15)14-8-21(9-14)17(23)16(12-2-3-12)13-4-5-13/h12-14,16H,2-10H2,1H3. The second-order valence-corrected chi connectivity index (χ2v) is 7.88. The minimum atomic E-state index is 0.364. The summed E-state index contributed by atoms with van der Waals surface area (Å²) in [7, 11) is 0. The molecule has 1 amide bonds. The number of aromatic nitrogens is 3. The van der Waals surface area contributed by atoms with Gasteiger partial charge in [-0.15, -0.1) is 10.2 Å². The van der Waals surface area contributed by atoms with Crippen LogP contribution in [0.15, 0.2) is 0 Å². The first-order valence-corrected chi connectivity index (χ1v) is 9.12. The van der Waals surface area contributed by atoms with Crippen LogP contribution in [-0.2, 0) is 17.9 Å². The summed E-state index contributed by atoms with van der Waals surface area (Å²) in [5, 5.41) is 8.46. The Balaban J connectivity index is 1.19. The van der Waals surface area contributed by atoms with E-state index in [1.165, 1.54) is 25.7 Å². The molecule has 6 heteroatoms. The first-order valence-electron chi connectivity index (χ1n) is 9.12. The summed E-state index contributed by atoms with van der Waals surface area (Å²) in [6, 6.07) is 0.517. The molecule has 0 unspecified atom stereocenters. The Bertz CT molecular complexity index is 615. The van der Waals surface area contributed by atoms with E-state index < -0.39 is 0 Å². The molecule has 6 nitrogen and oxygen atoms in total. The molecule has 3 heterocycles. The Hall–Kier alpha value is -1.43. The van der Waals surface area contributed by atoms with Gasteiger partial charge in [0.2, 0.25) is 5.91 Å². The lowest BCUT2D eigenvalue weighted by molar-refractivity contribution is -0.145. The van der Waals surface area contributed by atoms with E-state index in [2.05, 4.69) is 24.6 Å². The molecular formula is C17H25N5O.